The molecule has 1 aromatic rings. The van der Waals surface area contributed by atoms with Crippen LogP contribution in [0.2, 0.25) is 0 Å². The van der Waals surface area contributed by atoms with Crippen LogP contribution in [0.15, 0.2) is 30.3 Å². The smallest absolute Gasteiger partial charge is 0.0587 e. The molecule has 2 nitrogen and oxygen atoms in total. The average molecular weight is 235 g/mol. The topological polar surface area (TPSA) is 21.3 Å². The number of benzene rings is 1. The van der Waals surface area contributed by atoms with Gasteiger partial charge in [0.05, 0.1) is 6.61 Å². The summed E-state index contributed by atoms with van der Waals surface area (Å²) in [5, 5.41) is 3.47. The molecule has 0 heterocycles. The fourth-order valence-corrected chi connectivity index (χ4v) is 2.08. The van der Waals surface area contributed by atoms with Gasteiger partial charge in [0.2, 0.25) is 0 Å². The molecular weight excluding hydrogens is 210 g/mol. The Morgan fingerprint density at radius 3 is 2.47 bits per heavy atom. The molecule has 1 rings (SSSR count). The van der Waals surface area contributed by atoms with Crippen LogP contribution in [0.4, 0.5) is 0 Å². The van der Waals surface area contributed by atoms with E-state index in [-0.39, 0.29) is 0 Å². The Labute approximate surface area is 105 Å². The highest BCUT2D eigenvalue weighted by Gasteiger charge is 2.12. The highest BCUT2D eigenvalue weighted by molar-refractivity contribution is 5.19. The fourth-order valence-electron chi connectivity index (χ4n) is 2.08. The number of ether oxygens (including phenoxy) is 1. The summed E-state index contributed by atoms with van der Waals surface area (Å²) >= 11 is 0. The zero-order valence-corrected chi connectivity index (χ0v) is 11.3. The molecule has 17 heavy (non-hydrogen) atoms. The molecule has 0 saturated carbocycles. The number of methoxy groups -OCH3 is 1. The van der Waals surface area contributed by atoms with Crippen LogP contribution in [0, 0.1) is 5.92 Å². The van der Waals surface area contributed by atoms with E-state index in [2.05, 4.69) is 49.5 Å². The van der Waals surface area contributed by atoms with Crippen molar-refractivity contribution in [3.63, 3.8) is 0 Å². The molecule has 0 aliphatic carbocycles. The number of nitrogens with one attached hydrogen (secondary N) is 1. The van der Waals surface area contributed by atoms with Crippen LogP contribution in [-0.4, -0.2) is 26.8 Å². The van der Waals surface area contributed by atoms with Crippen molar-refractivity contribution in [2.45, 2.75) is 26.2 Å². The van der Waals surface area contributed by atoms with Crippen LogP contribution in [0.3, 0.4) is 0 Å². The average Bonchev–Trinajstić information content (AvgIpc) is 2.34. The van der Waals surface area contributed by atoms with Crippen LogP contribution in [0.5, 0.6) is 0 Å². The molecule has 2 heteroatoms. The maximum atomic E-state index is 5.05. The van der Waals surface area contributed by atoms with E-state index in [1.165, 1.54) is 12.0 Å². The lowest BCUT2D eigenvalue weighted by molar-refractivity contribution is 0.198. The summed E-state index contributed by atoms with van der Waals surface area (Å²) in [6.07, 6.45) is 1.23. The molecule has 0 spiro atoms. The van der Waals surface area contributed by atoms with Crippen molar-refractivity contribution in [2.24, 2.45) is 5.92 Å². The van der Waals surface area contributed by atoms with E-state index < -0.39 is 0 Å². The van der Waals surface area contributed by atoms with Gasteiger partial charge in [0.25, 0.3) is 0 Å². The van der Waals surface area contributed by atoms with Crippen LogP contribution < -0.4 is 5.32 Å². The summed E-state index contributed by atoms with van der Waals surface area (Å²) in [7, 11) is 1.74. The molecule has 96 valence electrons. The Morgan fingerprint density at radius 2 is 1.88 bits per heavy atom. The first-order chi connectivity index (χ1) is 8.24. The summed E-state index contributed by atoms with van der Waals surface area (Å²) in [4.78, 5) is 0. The molecule has 0 saturated heterocycles. The minimum atomic E-state index is 0.605. The quantitative estimate of drug-likeness (QED) is 0.699. The fraction of sp³-hybridized carbons (Fsp3) is 0.600. The first kappa shape index (κ1) is 14.2. The highest BCUT2D eigenvalue weighted by atomic mass is 16.5. The molecular formula is C15H25NO. The van der Waals surface area contributed by atoms with Crippen molar-refractivity contribution in [3.8, 4) is 0 Å². The Hall–Kier alpha value is -0.860. The van der Waals surface area contributed by atoms with Crippen molar-refractivity contribution in [3.05, 3.63) is 35.9 Å². The second-order valence-electron chi connectivity index (χ2n) is 4.93. The molecule has 1 N–H and O–H groups in total. The lowest BCUT2D eigenvalue weighted by Gasteiger charge is -2.20. The number of rotatable bonds is 8. The van der Waals surface area contributed by atoms with E-state index in [4.69, 9.17) is 4.74 Å². The van der Waals surface area contributed by atoms with Gasteiger partial charge in [-0.2, -0.15) is 0 Å². The van der Waals surface area contributed by atoms with Crippen LogP contribution in [-0.2, 0) is 4.74 Å². The van der Waals surface area contributed by atoms with Crippen molar-refractivity contribution in [2.75, 3.05) is 26.8 Å². The van der Waals surface area contributed by atoms with Gasteiger partial charge in [0.1, 0.15) is 0 Å². The third-order valence-electron chi connectivity index (χ3n) is 2.90. The molecule has 1 aromatic carbocycles. The van der Waals surface area contributed by atoms with Crippen molar-refractivity contribution in [1.29, 1.82) is 0 Å². The minimum absolute atomic E-state index is 0.605. The lowest BCUT2D eigenvalue weighted by atomic mass is 9.90. The van der Waals surface area contributed by atoms with E-state index in [0.29, 0.717) is 5.92 Å². The Morgan fingerprint density at radius 1 is 1.18 bits per heavy atom. The zero-order chi connectivity index (χ0) is 12.5. The lowest BCUT2D eigenvalue weighted by Crippen LogP contribution is -2.25. The van der Waals surface area contributed by atoms with Crippen molar-refractivity contribution in [1.82, 2.24) is 5.32 Å². The first-order valence-electron chi connectivity index (χ1n) is 6.48. The van der Waals surface area contributed by atoms with Gasteiger partial charge in [-0.15, -0.1) is 0 Å². The molecule has 0 amide bonds. The number of hydrogen-bond acceptors (Lipinski definition) is 2. The van der Waals surface area contributed by atoms with E-state index in [9.17, 15) is 0 Å². The monoisotopic (exact) mass is 235 g/mol. The first-order valence-corrected chi connectivity index (χ1v) is 6.48. The molecule has 0 bridgehead atoms. The number of hydrogen-bond donors (Lipinski definition) is 1. The third kappa shape index (κ3) is 5.85. The van der Waals surface area contributed by atoms with Crippen molar-refractivity contribution < 1.29 is 4.74 Å². The predicted octanol–water partition coefficient (Wildman–Crippen LogP) is 3.05. The van der Waals surface area contributed by atoms with Gasteiger partial charge in [-0.25, -0.2) is 0 Å². The molecule has 0 aliphatic heterocycles. The molecule has 0 radical (unpaired) electrons. The second-order valence-corrected chi connectivity index (χ2v) is 4.93. The second kappa shape index (κ2) is 8.26. The van der Waals surface area contributed by atoms with Crippen LogP contribution >= 0.6 is 0 Å². The van der Waals surface area contributed by atoms with E-state index >= 15 is 0 Å². The van der Waals surface area contributed by atoms with E-state index in [1.54, 1.807) is 7.11 Å². The van der Waals surface area contributed by atoms with Gasteiger partial charge in [0.15, 0.2) is 0 Å². The van der Waals surface area contributed by atoms with Gasteiger partial charge < -0.3 is 10.1 Å². The maximum absolute atomic E-state index is 5.05. The van der Waals surface area contributed by atoms with Gasteiger partial charge in [-0.05, 0) is 23.8 Å². The summed E-state index contributed by atoms with van der Waals surface area (Å²) in [6.45, 7) is 7.31. The van der Waals surface area contributed by atoms with Crippen LogP contribution in [0.25, 0.3) is 0 Å². The summed E-state index contributed by atoms with van der Waals surface area (Å²) in [5.41, 5.74) is 1.44. The summed E-state index contributed by atoms with van der Waals surface area (Å²) < 4.78 is 5.05. The zero-order valence-electron chi connectivity index (χ0n) is 11.3. The SMILES string of the molecule is COCCNCC(CC(C)C)c1ccccc1. The molecule has 1 unspecified atom stereocenters. The maximum Gasteiger partial charge on any atom is 0.0587 e. The van der Waals surface area contributed by atoms with Crippen molar-refractivity contribution >= 4 is 0 Å². The Balaban J connectivity index is 2.49. The van der Waals surface area contributed by atoms with Gasteiger partial charge in [-0.3, -0.25) is 0 Å². The normalized spacial score (nSPS) is 12.9. The van der Waals surface area contributed by atoms with Gasteiger partial charge >= 0.3 is 0 Å². The standard InChI is InChI=1S/C15H25NO/c1-13(2)11-15(12-16-9-10-17-3)14-7-5-4-6-8-14/h4-8,13,15-16H,9-12H2,1-3H3. The Bertz CT molecular complexity index is 284. The predicted molar refractivity (Wildman–Crippen MR) is 73.4 cm³/mol. The largest absolute Gasteiger partial charge is 0.383 e. The van der Waals surface area contributed by atoms with Gasteiger partial charge in [0, 0.05) is 20.2 Å². The molecule has 1 atom stereocenters. The van der Waals surface area contributed by atoms with E-state index in [1.807, 2.05) is 0 Å². The summed E-state index contributed by atoms with van der Waals surface area (Å²) in [5.74, 6) is 1.33. The third-order valence-corrected chi connectivity index (χ3v) is 2.90. The Kier molecular flexibility index (Phi) is 6.90. The minimum Gasteiger partial charge on any atom is -0.383 e. The molecule has 0 fully saturated rings. The molecule has 0 aromatic heterocycles. The van der Waals surface area contributed by atoms with Crippen LogP contribution in [0.1, 0.15) is 31.7 Å². The van der Waals surface area contributed by atoms with Gasteiger partial charge in [-0.1, -0.05) is 44.2 Å². The summed E-state index contributed by atoms with van der Waals surface area (Å²) in [6, 6.07) is 10.8. The highest BCUT2D eigenvalue weighted by Crippen LogP contribution is 2.22. The van der Waals surface area contributed by atoms with E-state index in [0.717, 1.165) is 25.6 Å². The molecule has 0 aliphatic rings.